The van der Waals surface area contributed by atoms with E-state index in [0.29, 0.717) is 30.2 Å². The maximum Gasteiger partial charge on any atom is 0.247 e. The van der Waals surface area contributed by atoms with Crippen LogP contribution >= 0.6 is 0 Å². The van der Waals surface area contributed by atoms with Crippen LogP contribution in [0.3, 0.4) is 0 Å². The van der Waals surface area contributed by atoms with Gasteiger partial charge in [0, 0.05) is 31.1 Å². The summed E-state index contributed by atoms with van der Waals surface area (Å²) in [6, 6.07) is 15.9. The van der Waals surface area contributed by atoms with Gasteiger partial charge in [0.25, 0.3) is 0 Å². The molecule has 1 heterocycles. The molecule has 0 N–H and O–H groups in total. The van der Waals surface area contributed by atoms with Crippen molar-refractivity contribution in [3.05, 3.63) is 95.6 Å². The van der Waals surface area contributed by atoms with Crippen LogP contribution in [0.2, 0.25) is 0 Å². The van der Waals surface area contributed by atoms with E-state index < -0.39 is 0 Å². The molecule has 1 amide bonds. The molecule has 0 saturated heterocycles. The van der Waals surface area contributed by atoms with Crippen LogP contribution in [0, 0.1) is 5.82 Å². The van der Waals surface area contributed by atoms with Gasteiger partial charge in [0.1, 0.15) is 12.4 Å². The number of hydrogen-bond acceptors (Lipinski definition) is 4. The van der Waals surface area contributed by atoms with E-state index in [9.17, 15) is 9.18 Å². The third-order valence-corrected chi connectivity index (χ3v) is 5.26. The molecular formula is C26H25FN2O3. The summed E-state index contributed by atoms with van der Waals surface area (Å²) in [5, 5.41) is 0. The van der Waals surface area contributed by atoms with Gasteiger partial charge in [-0.1, -0.05) is 18.2 Å². The van der Waals surface area contributed by atoms with Crippen LogP contribution in [0.25, 0.3) is 6.08 Å². The molecule has 1 saturated carbocycles. The Bertz CT molecular complexity index is 1100. The average Bonchev–Trinajstić information content (AvgIpc) is 3.66. The van der Waals surface area contributed by atoms with E-state index in [-0.39, 0.29) is 17.8 Å². The van der Waals surface area contributed by atoms with Crippen LogP contribution in [-0.4, -0.2) is 28.9 Å². The number of amides is 1. The number of halogens is 1. The molecule has 0 aliphatic heterocycles. The first-order valence-electron chi connectivity index (χ1n) is 10.6. The Balaban J connectivity index is 1.47. The third-order valence-electron chi connectivity index (χ3n) is 5.26. The smallest absolute Gasteiger partial charge is 0.247 e. The fourth-order valence-electron chi connectivity index (χ4n) is 3.42. The molecule has 32 heavy (non-hydrogen) atoms. The Kier molecular flexibility index (Phi) is 6.80. The lowest BCUT2D eigenvalue weighted by molar-refractivity contribution is -0.127. The van der Waals surface area contributed by atoms with Gasteiger partial charge in [-0.2, -0.15) is 0 Å². The van der Waals surface area contributed by atoms with Crippen LogP contribution in [0.5, 0.6) is 11.5 Å². The molecule has 0 bridgehead atoms. The zero-order valence-electron chi connectivity index (χ0n) is 17.9. The summed E-state index contributed by atoms with van der Waals surface area (Å²) in [7, 11) is 1.60. The number of hydrogen-bond donors (Lipinski definition) is 0. The van der Waals surface area contributed by atoms with Crippen LogP contribution in [0.1, 0.15) is 29.5 Å². The molecule has 164 valence electrons. The summed E-state index contributed by atoms with van der Waals surface area (Å²) < 4.78 is 24.8. The predicted molar refractivity (Wildman–Crippen MR) is 121 cm³/mol. The lowest BCUT2D eigenvalue weighted by Crippen LogP contribution is -2.31. The van der Waals surface area contributed by atoms with Crippen molar-refractivity contribution in [3.8, 4) is 11.5 Å². The Hall–Kier alpha value is -3.67. The normalized spacial score (nSPS) is 13.2. The summed E-state index contributed by atoms with van der Waals surface area (Å²) in [6.07, 6.45) is 8.59. The van der Waals surface area contributed by atoms with E-state index in [2.05, 4.69) is 4.98 Å². The Morgan fingerprint density at radius 1 is 1.09 bits per heavy atom. The van der Waals surface area contributed by atoms with Crippen molar-refractivity contribution in [2.24, 2.45) is 0 Å². The number of rotatable bonds is 9. The van der Waals surface area contributed by atoms with Gasteiger partial charge < -0.3 is 14.4 Å². The molecule has 5 nitrogen and oxygen atoms in total. The summed E-state index contributed by atoms with van der Waals surface area (Å²) in [4.78, 5) is 18.8. The molecule has 2 aromatic carbocycles. The van der Waals surface area contributed by atoms with Gasteiger partial charge in [0.2, 0.25) is 5.91 Å². The molecule has 6 heteroatoms. The summed E-state index contributed by atoms with van der Waals surface area (Å²) in [5.74, 6) is 0.849. The van der Waals surface area contributed by atoms with Crippen molar-refractivity contribution in [1.29, 1.82) is 0 Å². The highest BCUT2D eigenvalue weighted by molar-refractivity contribution is 5.92. The molecule has 1 fully saturated rings. The zero-order chi connectivity index (χ0) is 22.3. The molecule has 0 radical (unpaired) electrons. The molecule has 3 aromatic rings. The molecule has 0 atom stereocenters. The second-order valence-electron chi connectivity index (χ2n) is 7.72. The van der Waals surface area contributed by atoms with Gasteiger partial charge in [-0.25, -0.2) is 4.39 Å². The highest BCUT2D eigenvalue weighted by Crippen LogP contribution is 2.32. The van der Waals surface area contributed by atoms with E-state index in [1.807, 2.05) is 35.2 Å². The van der Waals surface area contributed by atoms with Gasteiger partial charge in [0.15, 0.2) is 11.5 Å². The third kappa shape index (κ3) is 5.72. The number of pyridine rings is 1. The number of carbonyl (C=O) groups excluding carboxylic acids is 1. The van der Waals surface area contributed by atoms with E-state index in [1.165, 1.54) is 18.2 Å². The summed E-state index contributed by atoms with van der Waals surface area (Å²) in [6.45, 7) is 0.858. The van der Waals surface area contributed by atoms with E-state index in [1.54, 1.807) is 37.7 Å². The van der Waals surface area contributed by atoms with Crippen molar-refractivity contribution in [3.63, 3.8) is 0 Å². The van der Waals surface area contributed by atoms with Crippen LogP contribution < -0.4 is 9.47 Å². The average molecular weight is 432 g/mol. The van der Waals surface area contributed by atoms with Gasteiger partial charge in [-0.15, -0.1) is 0 Å². The number of aromatic nitrogens is 1. The molecule has 1 aliphatic carbocycles. The second-order valence-corrected chi connectivity index (χ2v) is 7.72. The lowest BCUT2D eigenvalue weighted by Gasteiger charge is -2.22. The van der Waals surface area contributed by atoms with Crippen LogP contribution in [0.15, 0.2) is 73.1 Å². The minimum atomic E-state index is -0.323. The Morgan fingerprint density at radius 3 is 2.62 bits per heavy atom. The molecule has 0 unspecified atom stereocenters. The van der Waals surface area contributed by atoms with Crippen molar-refractivity contribution in [1.82, 2.24) is 9.88 Å². The maximum absolute atomic E-state index is 13.4. The fourth-order valence-corrected chi connectivity index (χ4v) is 3.42. The standard InChI is InChI=1S/C26H25FN2O3/c1-31-24-9-5-21(16-25(24)32-18-20-11-13-28-14-12-20)17-29(23-7-8-23)26(30)10-6-19-3-2-4-22(27)15-19/h2-6,9-16,23H,7-8,17-18H2,1H3/b10-6+. The monoisotopic (exact) mass is 432 g/mol. The van der Waals surface area contributed by atoms with Gasteiger partial charge in [-0.3, -0.25) is 9.78 Å². The first-order chi connectivity index (χ1) is 15.6. The zero-order valence-corrected chi connectivity index (χ0v) is 17.9. The molecule has 4 rings (SSSR count). The number of carbonyl (C=O) groups is 1. The lowest BCUT2D eigenvalue weighted by atomic mass is 10.1. The fraction of sp³-hybridized carbons (Fsp3) is 0.231. The highest BCUT2D eigenvalue weighted by atomic mass is 19.1. The van der Waals surface area contributed by atoms with Crippen LogP contribution in [0.4, 0.5) is 4.39 Å². The molecule has 1 aliphatic rings. The molecular weight excluding hydrogens is 407 g/mol. The number of ether oxygens (including phenoxy) is 2. The SMILES string of the molecule is COc1ccc(CN(C(=O)/C=C/c2cccc(F)c2)C2CC2)cc1OCc1ccncc1. The van der Waals surface area contributed by atoms with Crippen LogP contribution in [-0.2, 0) is 17.9 Å². The number of nitrogens with zero attached hydrogens (tertiary/aromatic N) is 2. The molecule has 1 aromatic heterocycles. The minimum absolute atomic E-state index is 0.0909. The van der Waals surface area contributed by atoms with E-state index >= 15 is 0 Å². The van der Waals surface area contributed by atoms with Crippen molar-refractivity contribution in [2.75, 3.05) is 7.11 Å². The minimum Gasteiger partial charge on any atom is -0.493 e. The topological polar surface area (TPSA) is 51.7 Å². The second kappa shape index (κ2) is 10.1. The van der Waals surface area contributed by atoms with E-state index in [0.717, 1.165) is 24.0 Å². The molecule has 0 spiro atoms. The van der Waals surface area contributed by atoms with Gasteiger partial charge in [-0.05, 0) is 72.0 Å². The first-order valence-corrected chi connectivity index (χ1v) is 10.6. The first kappa shape index (κ1) is 21.6. The maximum atomic E-state index is 13.4. The predicted octanol–water partition coefficient (Wildman–Crippen LogP) is 5.01. The largest absolute Gasteiger partial charge is 0.493 e. The van der Waals surface area contributed by atoms with Crippen molar-refractivity contribution >= 4 is 12.0 Å². The number of methoxy groups -OCH3 is 1. The van der Waals surface area contributed by atoms with Crippen molar-refractivity contribution in [2.45, 2.75) is 32.0 Å². The Morgan fingerprint density at radius 2 is 1.91 bits per heavy atom. The highest BCUT2D eigenvalue weighted by Gasteiger charge is 2.31. The number of benzene rings is 2. The summed E-state index contributed by atoms with van der Waals surface area (Å²) >= 11 is 0. The van der Waals surface area contributed by atoms with Gasteiger partial charge in [0.05, 0.1) is 7.11 Å². The van der Waals surface area contributed by atoms with E-state index in [4.69, 9.17) is 9.47 Å². The van der Waals surface area contributed by atoms with Gasteiger partial charge >= 0.3 is 0 Å². The van der Waals surface area contributed by atoms with Crippen molar-refractivity contribution < 1.29 is 18.7 Å². The Labute approximate surface area is 187 Å². The quantitative estimate of drug-likeness (QED) is 0.446. The summed E-state index contributed by atoms with van der Waals surface area (Å²) in [5.41, 5.74) is 2.62.